The van der Waals surface area contributed by atoms with Gasteiger partial charge in [0.2, 0.25) is 0 Å². The first-order valence-corrected chi connectivity index (χ1v) is 4.21. The van der Waals surface area contributed by atoms with Crippen molar-refractivity contribution in [3.05, 3.63) is 12.2 Å². The third-order valence-electron chi connectivity index (χ3n) is 1.66. The van der Waals surface area contributed by atoms with Crippen molar-refractivity contribution in [1.29, 1.82) is 0 Å². The Morgan fingerprint density at radius 1 is 1.31 bits per heavy atom. The second-order valence-corrected chi connectivity index (χ2v) is 2.81. The van der Waals surface area contributed by atoms with Crippen LogP contribution in [0, 0.1) is 5.92 Å². The van der Waals surface area contributed by atoms with Gasteiger partial charge in [-0.25, -0.2) is 0 Å². The number of ether oxygens (including phenoxy) is 2. The Morgan fingerprint density at radius 3 is 2.62 bits per heavy atom. The molecule has 0 heterocycles. The monoisotopic (exact) mass is 184 g/mol. The summed E-state index contributed by atoms with van der Waals surface area (Å²) in [5.74, 6) is 0.0144. The third kappa shape index (κ3) is 4.30. The van der Waals surface area contributed by atoms with Gasteiger partial charge in [0.15, 0.2) is 0 Å². The first kappa shape index (κ1) is 9.77. The fourth-order valence-electron chi connectivity index (χ4n) is 0.798. The van der Waals surface area contributed by atoms with E-state index in [0.717, 1.165) is 12.8 Å². The smallest absolute Gasteiger partial charge is 0.309 e. The SMILES string of the molecule is O=COCC=CCOC(=O)C1CC1. The Bertz CT molecular complexity index is 206. The van der Waals surface area contributed by atoms with Crippen LogP contribution >= 0.6 is 0 Å². The molecule has 0 aromatic carbocycles. The Kier molecular flexibility index (Phi) is 4.02. The van der Waals surface area contributed by atoms with Gasteiger partial charge in [-0.15, -0.1) is 0 Å². The van der Waals surface area contributed by atoms with Crippen LogP contribution in [0.5, 0.6) is 0 Å². The zero-order chi connectivity index (χ0) is 9.52. The van der Waals surface area contributed by atoms with Gasteiger partial charge in [-0.3, -0.25) is 9.59 Å². The molecule has 0 unspecified atom stereocenters. The van der Waals surface area contributed by atoms with Gasteiger partial charge in [-0.05, 0) is 25.0 Å². The molecule has 0 bridgehead atoms. The molecule has 0 radical (unpaired) electrons. The summed E-state index contributed by atoms with van der Waals surface area (Å²) >= 11 is 0. The van der Waals surface area contributed by atoms with E-state index in [4.69, 9.17) is 4.74 Å². The van der Waals surface area contributed by atoms with E-state index in [1.54, 1.807) is 12.2 Å². The normalized spacial score (nSPS) is 15.7. The molecule has 1 fully saturated rings. The molecule has 0 amide bonds. The fraction of sp³-hybridized carbons (Fsp3) is 0.556. The molecule has 4 heteroatoms. The van der Waals surface area contributed by atoms with Crippen molar-refractivity contribution in [2.24, 2.45) is 5.92 Å². The highest BCUT2D eigenvalue weighted by Crippen LogP contribution is 2.29. The first-order valence-electron chi connectivity index (χ1n) is 4.21. The molecule has 0 aromatic rings. The molecule has 1 rings (SSSR count). The number of hydrogen-bond donors (Lipinski definition) is 0. The van der Waals surface area contributed by atoms with Crippen LogP contribution in [0.25, 0.3) is 0 Å². The summed E-state index contributed by atoms with van der Waals surface area (Å²) in [7, 11) is 0. The maximum atomic E-state index is 11.0. The number of carbonyl (C=O) groups is 2. The van der Waals surface area contributed by atoms with E-state index in [9.17, 15) is 9.59 Å². The van der Waals surface area contributed by atoms with E-state index in [-0.39, 0.29) is 25.1 Å². The number of hydrogen-bond acceptors (Lipinski definition) is 4. The molecule has 1 aliphatic rings. The number of rotatable bonds is 6. The third-order valence-corrected chi connectivity index (χ3v) is 1.66. The van der Waals surface area contributed by atoms with Crippen molar-refractivity contribution in [3.8, 4) is 0 Å². The zero-order valence-corrected chi connectivity index (χ0v) is 7.27. The average Bonchev–Trinajstić information content (AvgIpc) is 2.93. The van der Waals surface area contributed by atoms with E-state index in [2.05, 4.69) is 4.74 Å². The first-order chi connectivity index (χ1) is 6.34. The van der Waals surface area contributed by atoms with Crippen molar-refractivity contribution in [3.63, 3.8) is 0 Å². The van der Waals surface area contributed by atoms with Crippen molar-refractivity contribution >= 4 is 12.4 Å². The molecular weight excluding hydrogens is 172 g/mol. The molecule has 0 aliphatic heterocycles. The van der Waals surface area contributed by atoms with Crippen LogP contribution < -0.4 is 0 Å². The van der Waals surface area contributed by atoms with Crippen LogP contribution in [0.3, 0.4) is 0 Å². The molecule has 4 nitrogen and oxygen atoms in total. The van der Waals surface area contributed by atoms with Crippen molar-refractivity contribution in [1.82, 2.24) is 0 Å². The Morgan fingerprint density at radius 2 is 2.00 bits per heavy atom. The van der Waals surface area contributed by atoms with Gasteiger partial charge < -0.3 is 9.47 Å². The standard InChI is InChI=1S/C9H12O4/c10-7-12-5-1-2-6-13-9(11)8-3-4-8/h1-2,7-8H,3-6H2. The maximum absolute atomic E-state index is 11.0. The lowest BCUT2D eigenvalue weighted by Gasteiger charge is -1.98. The number of esters is 1. The zero-order valence-electron chi connectivity index (χ0n) is 7.27. The van der Waals surface area contributed by atoms with E-state index >= 15 is 0 Å². The van der Waals surface area contributed by atoms with Crippen LogP contribution in [0.2, 0.25) is 0 Å². The number of carbonyl (C=O) groups excluding carboxylic acids is 2. The fourth-order valence-corrected chi connectivity index (χ4v) is 0.798. The van der Waals surface area contributed by atoms with Crippen LogP contribution in [0.4, 0.5) is 0 Å². The highest BCUT2D eigenvalue weighted by molar-refractivity contribution is 5.74. The van der Waals surface area contributed by atoms with Gasteiger partial charge in [0.05, 0.1) is 5.92 Å². The van der Waals surface area contributed by atoms with Gasteiger partial charge in [0.25, 0.3) is 6.47 Å². The highest BCUT2D eigenvalue weighted by atomic mass is 16.5. The minimum absolute atomic E-state index is 0.124. The van der Waals surface area contributed by atoms with E-state index in [1.807, 2.05) is 0 Å². The summed E-state index contributed by atoms with van der Waals surface area (Å²) in [6.45, 7) is 0.864. The van der Waals surface area contributed by atoms with E-state index in [1.165, 1.54) is 0 Å². The van der Waals surface area contributed by atoms with Crippen molar-refractivity contribution in [2.75, 3.05) is 13.2 Å². The summed E-state index contributed by atoms with van der Waals surface area (Å²) < 4.78 is 9.27. The minimum Gasteiger partial charge on any atom is -0.464 e. The lowest BCUT2D eigenvalue weighted by molar-refractivity contribution is -0.144. The quantitative estimate of drug-likeness (QED) is 0.263. The summed E-state index contributed by atoms with van der Waals surface area (Å²) in [6, 6.07) is 0. The minimum atomic E-state index is -0.124. The van der Waals surface area contributed by atoms with Gasteiger partial charge in [-0.2, -0.15) is 0 Å². The molecule has 72 valence electrons. The Balaban J connectivity index is 1.95. The summed E-state index contributed by atoms with van der Waals surface area (Å²) in [6.07, 6.45) is 5.20. The highest BCUT2D eigenvalue weighted by Gasteiger charge is 2.30. The van der Waals surface area contributed by atoms with Crippen molar-refractivity contribution in [2.45, 2.75) is 12.8 Å². The summed E-state index contributed by atoms with van der Waals surface area (Å²) in [5.41, 5.74) is 0. The molecule has 0 atom stereocenters. The molecule has 13 heavy (non-hydrogen) atoms. The molecule has 0 aromatic heterocycles. The second kappa shape index (κ2) is 5.35. The maximum Gasteiger partial charge on any atom is 0.309 e. The Labute approximate surface area is 76.5 Å². The average molecular weight is 184 g/mol. The van der Waals surface area contributed by atoms with Crippen LogP contribution in [-0.2, 0) is 19.1 Å². The molecule has 0 spiro atoms. The molecular formula is C9H12O4. The predicted octanol–water partition coefficient (Wildman–Crippen LogP) is 0.669. The van der Waals surface area contributed by atoms with Crippen molar-refractivity contribution < 1.29 is 19.1 Å². The van der Waals surface area contributed by atoms with Gasteiger partial charge in [0.1, 0.15) is 13.2 Å². The van der Waals surface area contributed by atoms with Crippen LogP contribution in [0.1, 0.15) is 12.8 Å². The predicted molar refractivity (Wildman–Crippen MR) is 44.8 cm³/mol. The van der Waals surface area contributed by atoms with E-state index < -0.39 is 0 Å². The van der Waals surface area contributed by atoms with Gasteiger partial charge in [-0.1, -0.05) is 0 Å². The van der Waals surface area contributed by atoms with E-state index in [0.29, 0.717) is 6.47 Å². The largest absolute Gasteiger partial charge is 0.464 e. The summed E-state index contributed by atoms with van der Waals surface area (Å²) in [4.78, 5) is 20.7. The lowest BCUT2D eigenvalue weighted by atomic mass is 10.4. The van der Waals surface area contributed by atoms with Crippen LogP contribution in [0.15, 0.2) is 12.2 Å². The molecule has 1 aliphatic carbocycles. The molecule has 0 saturated heterocycles. The molecule has 1 saturated carbocycles. The van der Waals surface area contributed by atoms with Gasteiger partial charge in [0, 0.05) is 0 Å². The van der Waals surface area contributed by atoms with Crippen LogP contribution in [-0.4, -0.2) is 25.7 Å². The second-order valence-electron chi connectivity index (χ2n) is 2.81. The topological polar surface area (TPSA) is 52.6 Å². The molecule has 0 N–H and O–H groups in total. The van der Waals surface area contributed by atoms with Gasteiger partial charge >= 0.3 is 5.97 Å². The summed E-state index contributed by atoms with van der Waals surface area (Å²) in [5, 5.41) is 0. The Hall–Kier alpha value is -1.32. The lowest BCUT2D eigenvalue weighted by Crippen LogP contribution is -2.06.